The molecule has 0 aliphatic carbocycles. The zero-order valence-corrected chi connectivity index (χ0v) is 31.0. The highest BCUT2D eigenvalue weighted by atomic mass is 32.2. The monoisotopic (exact) mass is 752 g/mol. The van der Waals surface area contributed by atoms with E-state index in [2.05, 4.69) is 20.8 Å². The number of aromatic nitrogens is 2. The summed E-state index contributed by atoms with van der Waals surface area (Å²) in [7, 11) is -7.44. The number of nitrogens with one attached hydrogen (secondary N) is 2. The Morgan fingerprint density at radius 2 is 1.32 bits per heavy atom. The summed E-state index contributed by atoms with van der Waals surface area (Å²) in [5, 5.41) is 8.10. The highest BCUT2D eigenvalue weighted by molar-refractivity contribution is 7.94. The van der Waals surface area contributed by atoms with E-state index < -0.39 is 58.0 Å². The van der Waals surface area contributed by atoms with Gasteiger partial charge in [0.05, 0.1) is 16.6 Å². The third-order valence-corrected chi connectivity index (χ3v) is 14.4. The molecule has 4 heterocycles. The van der Waals surface area contributed by atoms with Gasteiger partial charge in [-0.05, 0) is 71.4 Å². The molecule has 0 atom stereocenters. The molecule has 4 rings (SSSR count). The van der Waals surface area contributed by atoms with E-state index in [9.17, 15) is 39.6 Å². The molecule has 2 aromatic rings. The zero-order chi connectivity index (χ0) is 37.8. The van der Waals surface area contributed by atoms with Crippen molar-refractivity contribution in [3.8, 4) is 0 Å². The van der Waals surface area contributed by atoms with Crippen LogP contribution < -0.4 is 10.6 Å². The van der Waals surface area contributed by atoms with Crippen LogP contribution in [0.5, 0.6) is 0 Å². The number of alkyl halides is 3. The fraction of sp³-hybridized carbons (Fsp3) is 0.688. The van der Waals surface area contributed by atoms with Crippen LogP contribution in [0.2, 0.25) is 0 Å². The Kier molecular flexibility index (Phi) is 12.9. The smallest absolute Gasteiger partial charge is 0.381 e. The summed E-state index contributed by atoms with van der Waals surface area (Å²) in [6, 6.07) is 3.38. The van der Waals surface area contributed by atoms with Crippen LogP contribution in [0.3, 0.4) is 0 Å². The minimum absolute atomic E-state index is 0.0787. The first kappa shape index (κ1) is 41.3. The molecule has 2 saturated heterocycles. The lowest BCUT2D eigenvalue weighted by Crippen LogP contribution is -2.50. The summed E-state index contributed by atoms with van der Waals surface area (Å²) in [6.07, 6.45) is -1.91. The van der Waals surface area contributed by atoms with Gasteiger partial charge in [-0.15, -0.1) is 0 Å². The quantitative estimate of drug-likeness (QED) is 0.354. The van der Waals surface area contributed by atoms with Gasteiger partial charge in [0.25, 0.3) is 0 Å². The Hall–Kier alpha value is -3.09. The average Bonchev–Trinajstić information content (AvgIpc) is 3.51. The molecule has 2 N–H and O–H groups in total. The molecule has 18 heteroatoms. The van der Waals surface area contributed by atoms with Crippen LogP contribution in [-0.4, -0.2) is 85.7 Å². The summed E-state index contributed by atoms with van der Waals surface area (Å²) in [5.74, 6) is -0.970. The number of ether oxygens (including phenoxy) is 2. The van der Waals surface area contributed by atoms with Gasteiger partial charge in [0.15, 0.2) is 25.5 Å². The number of hydrogen-bond donors (Lipinski definition) is 2. The summed E-state index contributed by atoms with van der Waals surface area (Å²) >= 11 is 0. The number of sulfone groups is 2. The second-order valence-corrected chi connectivity index (χ2v) is 19.7. The largest absolute Gasteiger partial charge is 0.417 e. The van der Waals surface area contributed by atoms with Crippen molar-refractivity contribution in [3.05, 3.63) is 35.7 Å². The highest BCUT2D eigenvalue weighted by Gasteiger charge is 2.47. The SMILES string of the molecule is CC(C)(C(=O)Nc1ccc(C(F)(F)F)cn1)S(=O)(=O)CC1CCOCC1.CC(C)(C)c1cc(NC(=O)C(C)(C)S(=O)(=O)C2CCOCC2)no1. The molecule has 0 radical (unpaired) electrons. The minimum Gasteiger partial charge on any atom is -0.381 e. The van der Waals surface area contributed by atoms with Crippen molar-refractivity contribution in [2.75, 3.05) is 42.8 Å². The maximum Gasteiger partial charge on any atom is 0.417 e. The van der Waals surface area contributed by atoms with Gasteiger partial charge in [0, 0.05) is 44.1 Å². The first-order valence-electron chi connectivity index (χ1n) is 16.1. The fourth-order valence-corrected chi connectivity index (χ4v) is 8.62. The summed E-state index contributed by atoms with van der Waals surface area (Å²) in [5.41, 5.74) is -1.21. The number of halogens is 3. The molecule has 2 amide bonds. The number of pyridine rings is 1. The van der Waals surface area contributed by atoms with E-state index in [0.29, 0.717) is 64.1 Å². The molecule has 0 spiro atoms. The van der Waals surface area contributed by atoms with Crippen LogP contribution in [-0.2, 0) is 50.3 Å². The van der Waals surface area contributed by atoms with Gasteiger partial charge in [-0.2, -0.15) is 13.2 Å². The third-order valence-electron chi connectivity index (χ3n) is 8.81. The maximum atomic E-state index is 12.8. The molecular weight excluding hydrogens is 705 g/mol. The van der Waals surface area contributed by atoms with Crippen LogP contribution in [0.15, 0.2) is 28.9 Å². The van der Waals surface area contributed by atoms with E-state index in [1.165, 1.54) is 27.7 Å². The van der Waals surface area contributed by atoms with E-state index in [0.717, 1.165) is 12.1 Å². The van der Waals surface area contributed by atoms with E-state index in [4.69, 9.17) is 14.0 Å². The number of rotatable bonds is 9. The third kappa shape index (κ3) is 10.0. The lowest BCUT2D eigenvalue weighted by molar-refractivity contribution is -0.137. The predicted molar refractivity (Wildman–Crippen MR) is 180 cm³/mol. The Morgan fingerprint density at radius 3 is 1.80 bits per heavy atom. The molecule has 2 aromatic heterocycles. The first-order chi connectivity index (χ1) is 22.9. The van der Waals surface area contributed by atoms with Gasteiger partial charge in [-0.25, -0.2) is 21.8 Å². The predicted octanol–water partition coefficient (Wildman–Crippen LogP) is 4.94. The van der Waals surface area contributed by atoms with Crippen molar-refractivity contribution in [2.45, 2.75) is 100 Å². The van der Waals surface area contributed by atoms with E-state index in [-0.39, 0.29) is 28.7 Å². The van der Waals surface area contributed by atoms with E-state index in [1.54, 1.807) is 6.07 Å². The lowest BCUT2D eigenvalue weighted by Gasteiger charge is -2.30. The van der Waals surface area contributed by atoms with Crippen LogP contribution in [0.1, 0.15) is 85.5 Å². The lowest BCUT2D eigenvalue weighted by atomic mass is 9.93. The van der Waals surface area contributed by atoms with Crippen molar-refractivity contribution in [1.29, 1.82) is 0 Å². The first-order valence-corrected chi connectivity index (χ1v) is 19.3. The molecule has 0 unspecified atom stereocenters. The number of amides is 2. The standard InChI is InChI=1S/C16H21F3N2O4S.C16H26N2O5S/c1-15(2,26(23,24)10-11-5-7-25-8-6-11)14(22)21-13-4-3-12(9-20-13)16(17,18)19;1-15(2,3)12-10-13(18-23-12)17-14(19)16(4,5)24(20,21)11-6-8-22-9-7-11/h3-4,9,11H,5-8,10H2,1-2H3,(H,20,21,22);10-11H,6-9H2,1-5H3,(H,17,18,19). The number of carbonyl (C=O) groups is 2. The Balaban J connectivity index is 0.000000271. The zero-order valence-electron chi connectivity index (χ0n) is 29.3. The van der Waals surface area contributed by atoms with Crippen molar-refractivity contribution >= 4 is 43.1 Å². The van der Waals surface area contributed by atoms with Crippen LogP contribution in [0.4, 0.5) is 24.8 Å². The molecule has 2 aliphatic rings. The van der Waals surface area contributed by atoms with Gasteiger partial charge in [0.1, 0.15) is 21.1 Å². The average molecular weight is 753 g/mol. The molecule has 2 aliphatic heterocycles. The molecule has 0 bridgehead atoms. The molecule has 50 heavy (non-hydrogen) atoms. The highest BCUT2D eigenvalue weighted by Crippen LogP contribution is 2.31. The molecular formula is C32H47F3N4O9S2. The second-order valence-electron chi connectivity index (χ2n) is 14.4. The van der Waals surface area contributed by atoms with Crippen LogP contribution >= 0.6 is 0 Å². The summed E-state index contributed by atoms with van der Waals surface area (Å²) in [4.78, 5) is 28.5. The Labute approximate surface area is 291 Å². The molecule has 2 fully saturated rings. The van der Waals surface area contributed by atoms with Crippen molar-refractivity contribution in [1.82, 2.24) is 10.1 Å². The van der Waals surface area contributed by atoms with Gasteiger partial charge < -0.3 is 24.6 Å². The van der Waals surface area contributed by atoms with E-state index in [1.807, 2.05) is 20.8 Å². The minimum atomic E-state index is -4.54. The van der Waals surface area contributed by atoms with Crippen molar-refractivity contribution in [2.24, 2.45) is 5.92 Å². The molecule has 282 valence electrons. The second kappa shape index (κ2) is 15.7. The number of nitrogens with zero attached hydrogens (tertiary/aromatic N) is 2. The van der Waals surface area contributed by atoms with Crippen LogP contribution in [0, 0.1) is 5.92 Å². The van der Waals surface area contributed by atoms with Gasteiger partial charge in [-0.3, -0.25) is 9.59 Å². The van der Waals surface area contributed by atoms with Crippen LogP contribution in [0.25, 0.3) is 0 Å². The van der Waals surface area contributed by atoms with Gasteiger partial charge in [0.2, 0.25) is 11.8 Å². The van der Waals surface area contributed by atoms with Gasteiger partial charge in [-0.1, -0.05) is 25.9 Å². The Bertz CT molecular complexity index is 1690. The number of anilines is 2. The topological polar surface area (TPSA) is 184 Å². The normalized spacial score (nSPS) is 17.4. The van der Waals surface area contributed by atoms with Crippen molar-refractivity contribution < 1.29 is 53.6 Å². The maximum absolute atomic E-state index is 12.8. The molecule has 0 saturated carbocycles. The summed E-state index contributed by atoms with van der Waals surface area (Å²) < 4.78 is 101. The number of hydrogen-bond acceptors (Lipinski definition) is 11. The van der Waals surface area contributed by atoms with E-state index >= 15 is 0 Å². The molecule has 13 nitrogen and oxygen atoms in total. The number of carbonyl (C=O) groups excluding carboxylic acids is 2. The fourth-order valence-electron chi connectivity index (χ4n) is 4.96. The van der Waals surface area contributed by atoms with Crippen molar-refractivity contribution in [3.63, 3.8) is 0 Å². The Morgan fingerprint density at radius 1 is 0.800 bits per heavy atom. The molecule has 0 aromatic carbocycles. The van der Waals surface area contributed by atoms with Gasteiger partial charge >= 0.3 is 6.18 Å². The summed E-state index contributed by atoms with van der Waals surface area (Å²) in [6.45, 7) is 13.1.